The maximum Gasteiger partial charge on any atom is 0.235 e. The second-order valence-corrected chi connectivity index (χ2v) is 6.80. The molecule has 2 aromatic rings. The first-order valence-electron chi connectivity index (χ1n) is 7.91. The average Bonchev–Trinajstić information content (AvgIpc) is 2.64. The van der Waals surface area contributed by atoms with E-state index in [9.17, 15) is 4.79 Å². The fraction of sp³-hybridized carbons (Fsp3) is 0.316. The first kappa shape index (κ1) is 18.0. The molecule has 124 valence electrons. The van der Waals surface area contributed by atoms with Gasteiger partial charge in [0.15, 0.2) is 0 Å². The fourth-order valence-corrected chi connectivity index (χ4v) is 3.21. The van der Waals surface area contributed by atoms with Crippen molar-refractivity contribution in [1.82, 2.24) is 9.88 Å². The van der Waals surface area contributed by atoms with Crippen LogP contribution in [0.5, 0.6) is 0 Å². The topological polar surface area (TPSA) is 57.0 Å². The van der Waals surface area contributed by atoms with Gasteiger partial charge in [-0.05, 0) is 24.1 Å². The Bertz CT molecular complexity index is 670. The van der Waals surface area contributed by atoms with Crippen LogP contribution in [-0.4, -0.2) is 27.6 Å². The number of nitriles is 1. The monoisotopic (exact) mass is 339 g/mol. The Balaban J connectivity index is 1.96. The molecule has 0 saturated heterocycles. The van der Waals surface area contributed by atoms with E-state index in [1.165, 1.54) is 5.56 Å². The summed E-state index contributed by atoms with van der Waals surface area (Å²) in [6.07, 6.45) is 3.81. The maximum atomic E-state index is 12.7. The Kier molecular flexibility index (Phi) is 7.31. The molecule has 0 aliphatic rings. The van der Waals surface area contributed by atoms with Crippen LogP contribution in [-0.2, 0) is 17.1 Å². The average molecular weight is 339 g/mol. The van der Waals surface area contributed by atoms with E-state index >= 15 is 0 Å². The number of carbonyl (C=O) groups excluding carboxylic acids is 1. The van der Waals surface area contributed by atoms with Crippen LogP contribution >= 0.6 is 11.8 Å². The molecule has 2 rings (SSSR count). The summed E-state index contributed by atoms with van der Waals surface area (Å²) < 4.78 is 0. The minimum atomic E-state index is -0.152. The highest BCUT2D eigenvalue weighted by atomic mass is 32.2. The van der Waals surface area contributed by atoms with E-state index in [4.69, 9.17) is 5.26 Å². The van der Waals surface area contributed by atoms with Crippen LogP contribution in [0.1, 0.15) is 24.5 Å². The van der Waals surface area contributed by atoms with Crippen molar-refractivity contribution in [2.24, 2.45) is 0 Å². The number of hydrogen-bond acceptors (Lipinski definition) is 4. The van der Waals surface area contributed by atoms with Crippen molar-refractivity contribution in [2.75, 3.05) is 6.54 Å². The van der Waals surface area contributed by atoms with Gasteiger partial charge in [-0.15, -0.1) is 11.8 Å². The molecule has 0 bridgehead atoms. The van der Waals surface area contributed by atoms with Crippen molar-refractivity contribution >= 4 is 17.7 Å². The van der Waals surface area contributed by atoms with Gasteiger partial charge in [0.05, 0.1) is 17.7 Å². The summed E-state index contributed by atoms with van der Waals surface area (Å²) in [5.74, 6) is 0.863. The summed E-state index contributed by atoms with van der Waals surface area (Å²) in [7, 11) is 0. The summed E-state index contributed by atoms with van der Waals surface area (Å²) in [6.45, 7) is 2.86. The minimum absolute atomic E-state index is 0.0648. The standard InChI is InChI=1S/C19H21N3OS/c1-16(24-15-17-7-3-2-4-8-17)19(23)22(12-6-10-20)14-18-9-5-11-21-13-18/h2-5,7-9,11,13,16H,6,12,14-15H2,1H3/t16-/m1/s1. The molecule has 0 unspecified atom stereocenters. The van der Waals surface area contributed by atoms with Gasteiger partial charge in [0.2, 0.25) is 5.91 Å². The zero-order valence-corrected chi connectivity index (χ0v) is 14.6. The van der Waals surface area contributed by atoms with Crippen molar-refractivity contribution < 1.29 is 4.79 Å². The Morgan fingerprint density at radius 1 is 1.25 bits per heavy atom. The highest BCUT2D eigenvalue weighted by Crippen LogP contribution is 2.20. The van der Waals surface area contributed by atoms with Gasteiger partial charge in [-0.3, -0.25) is 9.78 Å². The van der Waals surface area contributed by atoms with Crippen molar-refractivity contribution in [2.45, 2.75) is 30.9 Å². The van der Waals surface area contributed by atoms with E-state index in [2.05, 4.69) is 23.2 Å². The first-order chi connectivity index (χ1) is 11.7. The van der Waals surface area contributed by atoms with Crippen LogP contribution in [0, 0.1) is 11.3 Å². The third kappa shape index (κ3) is 5.71. The molecule has 1 atom stereocenters. The summed E-state index contributed by atoms with van der Waals surface area (Å²) >= 11 is 1.62. The molecular weight excluding hydrogens is 318 g/mol. The van der Waals surface area contributed by atoms with Crippen molar-refractivity contribution in [1.29, 1.82) is 5.26 Å². The molecule has 0 aliphatic heterocycles. The number of nitrogens with zero attached hydrogens (tertiary/aromatic N) is 3. The normalized spacial score (nSPS) is 11.5. The highest BCUT2D eigenvalue weighted by molar-refractivity contribution is 7.99. The van der Waals surface area contributed by atoms with Crippen LogP contribution in [0.2, 0.25) is 0 Å². The van der Waals surface area contributed by atoms with Crippen LogP contribution in [0.25, 0.3) is 0 Å². The van der Waals surface area contributed by atoms with Gasteiger partial charge in [0.25, 0.3) is 0 Å². The summed E-state index contributed by atoms with van der Waals surface area (Å²) in [5.41, 5.74) is 2.18. The van der Waals surface area contributed by atoms with Gasteiger partial charge in [-0.2, -0.15) is 5.26 Å². The lowest BCUT2D eigenvalue weighted by atomic mass is 10.2. The molecule has 4 nitrogen and oxygen atoms in total. The second-order valence-electron chi connectivity index (χ2n) is 5.47. The largest absolute Gasteiger partial charge is 0.336 e. The number of aromatic nitrogens is 1. The van der Waals surface area contributed by atoms with Crippen LogP contribution in [0.3, 0.4) is 0 Å². The molecule has 5 heteroatoms. The lowest BCUT2D eigenvalue weighted by Gasteiger charge is -2.25. The quantitative estimate of drug-likeness (QED) is 0.737. The van der Waals surface area contributed by atoms with Crippen molar-refractivity contribution in [3.8, 4) is 6.07 Å². The molecule has 0 fully saturated rings. The molecule has 0 N–H and O–H groups in total. The molecule has 1 aromatic heterocycles. The van der Waals surface area contributed by atoms with E-state index < -0.39 is 0 Å². The number of amides is 1. The predicted octanol–water partition coefficient (Wildman–Crippen LogP) is 3.65. The van der Waals surface area contributed by atoms with Crippen molar-refractivity contribution in [3.63, 3.8) is 0 Å². The van der Waals surface area contributed by atoms with Gasteiger partial charge in [0.1, 0.15) is 0 Å². The Morgan fingerprint density at radius 2 is 2.00 bits per heavy atom. The SMILES string of the molecule is C[C@@H](SCc1ccccc1)C(=O)N(CCC#N)Cc1cccnc1. The lowest BCUT2D eigenvalue weighted by Crippen LogP contribution is -2.36. The Morgan fingerprint density at radius 3 is 2.67 bits per heavy atom. The molecule has 0 spiro atoms. The van der Waals surface area contributed by atoms with Gasteiger partial charge in [0, 0.05) is 31.2 Å². The molecule has 0 saturated carbocycles. The first-order valence-corrected chi connectivity index (χ1v) is 8.95. The van der Waals surface area contributed by atoms with Gasteiger partial charge in [-0.1, -0.05) is 36.4 Å². The molecule has 24 heavy (non-hydrogen) atoms. The van der Waals surface area contributed by atoms with Crippen LogP contribution in [0.4, 0.5) is 0 Å². The molecular formula is C19H21N3OS. The number of hydrogen-bond donors (Lipinski definition) is 0. The smallest absolute Gasteiger partial charge is 0.235 e. The zero-order chi connectivity index (χ0) is 17.2. The number of benzene rings is 1. The highest BCUT2D eigenvalue weighted by Gasteiger charge is 2.21. The summed E-state index contributed by atoms with van der Waals surface area (Å²) in [5, 5.41) is 8.70. The Labute approximate surface area is 147 Å². The predicted molar refractivity (Wildman–Crippen MR) is 97.1 cm³/mol. The molecule has 0 aliphatic carbocycles. The van der Waals surface area contributed by atoms with Gasteiger partial charge >= 0.3 is 0 Å². The lowest BCUT2D eigenvalue weighted by molar-refractivity contribution is -0.130. The molecule has 1 aromatic carbocycles. The zero-order valence-electron chi connectivity index (χ0n) is 13.8. The van der Waals surface area contributed by atoms with Gasteiger partial charge in [-0.25, -0.2) is 0 Å². The van der Waals surface area contributed by atoms with Crippen molar-refractivity contribution in [3.05, 3.63) is 66.0 Å². The Hall–Kier alpha value is -2.32. The number of carbonyl (C=O) groups is 1. The number of pyridine rings is 1. The van der Waals surface area contributed by atoms with E-state index in [1.807, 2.05) is 37.3 Å². The molecule has 0 radical (unpaired) electrons. The van der Waals surface area contributed by atoms with E-state index in [1.54, 1.807) is 29.1 Å². The van der Waals surface area contributed by atoms with E-state index in [0.717, 1.165) is 11.3 Å². The van der Waals surface area contributed by atoms with E-state index in [0.29, 0.717) is 19.5 Å². The minimum Gasteiger partial charge on any atom is -0.336 e. The second kappa shape index (κ2) is 9.74. The number of thioether (sulfide) groups is 1. The third-order valence-corrected chi connectivity index (χ3v) is 4.79. The van der Waals surface area contributed by atoms with Crippen LogP contribution < -0.4 is 0 Å². The van der Waals surface area contributed by atoms with Gasteiger partial charge < -0.3 is 4.90 Å². The fourth-order valence-electron chi connectivity index (χ4n) is 2.29. The summed E-state index contributed by atoms with van der Waals surface area (Å²) in [6, 6.07) is 16.0. The third-order valence-electron chi connectivity index (χ3n) is 3.59. The molecule has 1 heterocycles. The number of rotatable bonds is 8. The van der Waals surface area contributed by atoms with Crippen LogP contribution in [0.15, 0.2) is 54.9 Å². The maximum absolute atomic E-state index is 12.7. The summed E-state index contributed by atoms with van der Waals surface area (Å²) in [4.78, 5) is 18.6. The molecule has 1 amide bonds. The van der Waals surface area contributed by atoms with E-state index in [-0.39, 0.29) is 11.2 Å².